The standard InChI is InChI=1S/C14H24N/c1-11-14(4)7-12(2)6-13(3,8-14)10-15(11,5)9-12/h1,6-10H2,2-5H3/q+1. The number of nitrogens with zero attached hydrogens (tertiary/aromatic N) is 1. The van der Waals surface area contributed by atoms with Crippen LogP contribution in [0.2, 0.25) is 0 Å². The first kappa shape index (κ1) is 9.89. The molecule has 3 saturated heterocycles. The minimum Gasteiger partial charge on any atom is -0.296 e. The number of quaternary nitrogens is 1. The minimum atomic E-state index is 0.424. The van der Waals surface area contributed by atoms with Crippen LogP contribution >= 0.6 is 0 Å². The first-order valence-corrected chi connectivity index (χ1v) is 6.24. The molecule has 15 heavy (non-hydrogen) atoms. The zero-order chi connectivity index (χ0) is 11.1. The number of rotatable bonds is 0. The molecule has 0 spiro atoms. The summed E-state index contributed by atoms with van der Waals surface area (Å²) in [6.07, 6.45) is 4.20. The largest absolute Gasteiger partial charge is 0.296 e. The Kier molecular flexibility index (Phi) is 1.45. The van der Waals surface area contributed by atoms with Crippen molar-refractivity contribution in [2.75, 3.05) is 20.1 Å². The van der Waals surface area contributed by atoms with E-state index in [2.05, 4.69) is 34.4 Å². The molecule has 0 aromatic rings. The Labute approximate surface area is 93.7 Å². The van der Waals surface area contributed by atoms with Gasteiger partial charge >= 0.3 is 0 Å². The second-order valence-electron chi connectivity index (χ2n) is 7.87. The fourth-order valence-corrected chi connectivity index (χ4v) is 6.11. The summed E-state index contributed by atoms with van der Waals surface area (Å²) in [6.45, 7) is 14.6. The molecule has 0 amide bonds. The van der Waals surface area contributed by atoms with Crippen molar-refractivity contribution in [3.8, 4) is 0 Å². The molecule has 0 aromatic carbocycles. The molecule has 0 radical (unpaired) electrons. The third kappa shape index (κ3) is 1.08. The molecule has 1 aliphatic carbocycles. The first-order valence-electron chi connectivity index (χ1n) is 6.24. The van der Waals surface area contributed by atoms with E-state index in [-0.39, 0.29) is 0 Å². The Hall–Kier alpha value is -0.300. The van der Waals surface area contributed by atoms with Crippen LogP contribution in [0.15, 0.2) is 12.3 Å². The van der Waals surface area contributed by atoms with Crippen molar-refractivity contribution < 1.29 is 4.48 Å². The highest BCUT2D eigenvalue weighted by molar-refractivity contribution is 5.17. The molecule has 0 N–H and O–H groups in total. The summed E-state index contributed by atoms with van der Waals surface area (Å²) in [6, 6.07) is 0. The Bertz CT molecular complexity index is 308. The van der Waals surface area contributed by atoms with Crippen LogP contribution in [0.1, 0.15) is 40.0 Å². The Balaban J connectivity index is 2.16. The minimum absolute atomic E-state index is 0.424. The van der Waals surface area contributed by atoms with Crippen LogP contribution in [0.4, 0.5) is 0 Å². The van der Waals surface area contributed by atoms with Crippen LogP contribution in [-0.2, 0) is 0 Å². The molecule has 3 heterocycles. The summed E-state index contributed by atoms with van der Waals surface area (Å²) >= 11 is 0. The van der Waals surface area contributed by atoms with E-state index in [1.807, 2.05) is 0 Å². The molecule has 1 heteroatoms. The summed E-state index contributed by atoms with van der Waals surface area (Å²) < 4.78 is 1.16. The normalized spacial score (nSPS) is 62.5. The van der Waals surface area contributed by atoms with Crippen LogP contribution in [0.25, 0.3) is 0 Å². The lowest BCUT2D eigenvalue weighted by Crippen LogP contribution is -2.71. The van der Waals surface area contributed by atoms with E-state index in [0.717, 1.165) is 4.48 Å². The second-order valence-corrected chi connectivity index (χ2v) is 7.87. The molecule has 0 aromatic heterocycles. The molecule has 4 rings (SSSR count). The molecule has 1 saturated carbocycles. The molecular weight excluding hydrogens is 182 g/mol. The first-order chi connectivity index (χ1) is 6.69. The Morgan fingerprint density at radius 2 is 1.47 bits per heavy atom. The number of hydrogen-bond donors (Lipinski definition) is 0. The zero-order valence-electron chi connectivity index (χ0n) is 10.7. The fourth-order valence-electron chi connectivity index (χ4n) is 6.11. The van der Waals surface area contributed by atoms with Gasteiger partial charge in [-0.2, -0.15) is 0 Å². The van der Waals surface area contributed by atoms with Crippen molar-refractivity contribution in [3.05, 3.63) is 12.3 Å². The third-order valence-electron chi connectivity index (χ3n) is 5.30. The van der Waals surface area contributed by atoms with Gasteiger partial charge in [-0.1, -0.05) is 20.8 Å². The van der Waals surface area contributed by atoms with Gasteiger partial charge in [0, 0.05) is 16.2 Å². The lowest BCUT2D eigenvalue weighted by Gasteiger charge is -2.68. The van der Waals surface area contributed by atoms with Gasteiger partial charge in [0.2, 0.25) is 0 Å². The quantitative estimate of drug-likeness (QED) is 0.534. The fraction of sp³-hybridized carbons (Fsp3) is 0.857. The van der Waals surface area contributed by atoms with E-state index in [0.29, 0.717) is 16.2 Å². The van der Waals surface area contributed by atoms with E-state index >= 15 is 0 Å². The van der Waals surface area contributed by atoms with Crippen LogP contribution in [0, 0.1) is 16.2 Å². The predicted molar refractivity (Wildman–Crippen MR) is 63.2 cm³/mol. The molecule has 4 fully saturated rings. The van der Waals surface area contributed by atoms with E-state index < -0.39 is 0 Å². The summed E-state index contributed by atoms with van der Waals surface area (Å²) in [5, 5.41) is 0. The molecule has 4 aliphatic rings. The molecule has 84 valence electrons. The lowest BCUT2D eigenvalue weighted by atomic mass is 9.47. The summed E-state index contributed by atoms with van der Waals surface area (Å²) in [7, 11) is 2.41. The van der Waals surface area contributed by atoms with Gasteiger partial charge in [-0.05, 0) is 25.8 Å². The molecule has 3 aliphatic heterocycles. The third-order valence-corrected chi connectivity index (χ3v) is 5.30. The maximum atomic E-state index is 4.43. The topological polar surface area (TPSA) is 0 Å². The smallest absolute Gasteiger partial charge is 0.107 e. The van der Waals surface area contributed by atoms with Crippen molar-refractivity contribution in [3.63, 3.8) is 0 Å². The highest BCUT2D eigenvalue weighted by atomic mass is 15.4. The van der Waals surface area contributed by atoms with Gasteiger partial charge in [0.15, 0.2) is 0 Å². The average Bonchev–Trinajstić information content (AvgIpc) is 1.93. The van der Waals surface area contributed by atoms with Crippen molar-refractivity contribution in [1.29, 1.82) is 0 Å². The van der Waals surface area contributed by atoms with Crippen LogP contribution in [0.3, 0.4) is 0 Å². The van der Waals surface area contributed by atoms with Crippen molar-refractivity contribution >= 4 is 0 Å². The maximum Gasteiger partial charge on any atom is 0.107 e. The second kappa shape index (κ2) is 2.20. The molecule has 2 unspecified atom stereocenters. The van der Waals surface area contributed by atoms with Gasteiger partial charge < -0.3 is 0 Å². The molecule has 1 nitrogen and oxygen atoms in total. The predicted octanol–water partition coefficient (Wildman–Crippen LogP) is 3.18. The Morgan fingerprint density at radius 1 is 1.00 bits per heavy atom. The van der Waals surface area contributed by atoms with Gasteiger partial charge in [0.1, 0.15) is 5.70 Å². The Morgan fingerprint density at radius 3 is 1.87 bits per heavy atom. The van der Waals surface area contributed by atoms with Gasteiger partial charge in [0.05, 0.1) is 20.1 Å². The van der Waals surface area contributed by atoms with Gasteiger partial charge in [-0.15, -0.1) is 0 Å². The summed E-state index contributed by atoms with van der Waals surface area (Å²) in [5.41, 5.74) is 3.09. The van der Waals surface area contributed by atoms with Gasteiger partial charge in [-0.25, -0.2) is 0 Å². The summed E-state index contributed by atoms with van der Waals surface area (Å²) in [4.78, 5) is 0. The van der Waals surface area contributed by atoms with Crippen LogP contribution in [-0.4, -0.2) is 24.6 Å². The zero-order valence-corrected chi connectivity index (χ0v) is 10.7. The number of hydrogen-bond acceptors (Lipinski definition) is 0. The van der Waals surface area contributed by atoms with Crippen LogP contribution in [0.5, 0.6) is 0 Å². The van der Waals surface area contributed by atoms with Crippen molar-refractivity contribution in [2.24, 2.45) is 16.2 Å². The van der Waals surface area contributed by atoms with E-state index in [1.165, 1.54) is 38.0 Å². The maximum absolute atomic E-state index is 4.43. The number of piperidine rings is 3. The molecule has 2 atom stereocenters. The van der Waals surface area contributed by atoms with Crippen LogP contribution < -0.4 is 0 Å². The van der Waals surface area contributed by atoms with Crippen molar-refractivity contribution in [1.82, 2.24) is 0 Å². The molecular formula is C14H24N+. The van der Waals surface area contributed by atoms with Gasteiger partial charge in [0.25, 0.3) is 0 Å². The summed E-state index contributed by atoms with van der Waals surface area (Å²) in [5.74, 6) is 0. The highest BCUT2D eigenvalue weighted by Gasteiger charge is 2.66. The SMILES string of the molecule is C=C1C2(C)CC3(C)CC(C)(C2)C[N+]1(C)C3. The average molecular weight is 206 g/mol. The van der Waals surface area contributed by atoms with E-state index in [4.69, 9.17) is 0 Å². The highest BCUT2D eigenvalue weighted by Crippen LogP contribution is 2.67. The van der Waals surface area contributed by atoms with E-state index in [1.54, 1.807) is 0 Å². The van der Waals surface area contributed by atoms with E-state index in [9.17, 15) is 0 Å². The monoisotopic (exact) mass is 206 g/mol. The lowest BCUT2D eigenvalue weighted by molar-refractivity contribution is -0.913. The number of allylic oxidation sites excluding steroid dienone is 1. The molecule has 4 bridgehead atoms. The van der Waals surface area contributed by atoms with Gasteiger partial charge in [-0.3, -0.25) is 4.48 Å². The van der Waals surface area contributed by atoms with Crippen molar-refractivity contribution in [2.45, 2.75) is 40.0 Å².